The summed E-state index contributed by atoms with van der Waals surface area (Å²) in [6, 6.07) is 7.17. The van der Waals surface area contributed by atoms with Gasteiger partial charge in [-0.15, -0.1) is 0 Å². The van der Waals surface area contributed by atoms with Crippen LogP contribution in [0, 0.1) is 15.9 Å². The number of hydrogen-bond acceptors (Lipinski definition) is 4. The van der Waals surface area contributed by atoms with E-state index in [0.717, 1.165) is 6.42 Å². The first-order valence-corrected chi connectivity index (χ1v) is 6.95. The average molecular weight is 303 g/mol. The van der Waals surface area contributed by atoms with Gasteiger partial charge in [-0.3, -0.25) is 19.5 Å². The number of nitrogens with zero attached hydrogens (tertiary/aromatic N) is 2. The van der Waals surface area contributed by atoms with Gasteiger partial charge in [0.15, 0.2) is 5.82 Å². The van der Waals surface area contributed by atoms with Crippen molar-refractivity contribution in [3.8, 4) is 0 Å². The van der Waals surface area contributed by atoms with Crippen molar-refractivity contribution in [1.29, 1.82) is 0 Å². The molecule has 0 aliphatic carbocycles. The molecule has 1 aromatic heterocycles. The molecule has 0 saturated carbocycles. The lowest BCUT2D eigenvalue weighted by Crippen LogP contribution is -2.31. The van der Waals surface area contributed by atoms with E-state index in [9.17, 15) is 19.3 Å². The second-order valence-corrected chi connectivity index (χ2v) is 5.20. The van der Waals surface area contributed by atoms with Crippen LogP contribution in [0.15, 0.2) is 35.1 Å². The standard InChI is InChI=1S/C15H14FN3O3/c16-12-4-1-3-10(8-12)7-11-9-13(19(21)22)14-17-5-2-6-18(14)15(11)20/h1,3-4,8-9,17H,2,5-7H2. The van der Waals surface area contributed by atoms with E-state index < -0.39 is 10.7 Å². The quantitative estimate of drug-likeness (QED) is 0.697. The summed E-state index contributed by atoms with van der Waals surface area (Å²) in [7, 11) is 0. The summed E-state index contributed by atoms with van der Waals surface area (Å²) in [5, 5.41) is 14.1. The number of hydrogen-bond donors (Lipinski definition) is 1. The summed E-state index contributed by atoms with van der Waals surface area (Å²) in [5.41, 5.74) is 0.517. The lowest BCUT2D eigenvalue weighted by atomic mass is 10.1. The van der Waals surface area contributed by atoms with Gasteiger partial charge in [-0.05, 0) is 24.1 Å². The first kappa shape index (κ1) is 14.2. The van der Waals surface area contributed by atoms with Crippen LogP contribution in [0.25, 0.3) is 0 Å². The van der Waals surface area contributed by atoms with Gasteiger partial charge in [-0.1, -0.05) is 12.1 Å². The second-order valence-electron chi connectivity index (χ2n) is 5.20. The third-order valence-electron chi connectivity index (χ3n) is 3.67. The summed E-state index contributed by atoms with van der Waals surface area (Å²) < 4.78 is 14.6. The highest BCUT2D eigenvalue weighted by Gasteiger charge is 2.24. The van der Waals surface area contributed by atoms with Gasteiger partial charge in [0, 0.05) is 31.1 Å². The molecule has 2 aromatic rings. The lowest BCUT2D eigenvalue weighted by molar-refractivity contribution is -0.384. The Morgan fingerprint density at radius 2 is 2.18 bits per heavy atom. The van der Waals surface area contributed by atoms with Gasteiger partial charge in [0.05, 0.1) is 4.92 Å². The van der Waals surface area contributed by atoms with Crippen molar-refractivity contribution in [2.45, 2.75) is 19.4 Å². The van der Waals surface area contributed by atoms with Crippen molar-refractivity contribution < 1.29 is 9.31 Å². The summed E-state index contributed by atoms with van der Waals surface area (Å²) >= 11 is 0. The molecule has 114 valence electrons. The van der Waals surface area contributed by atoms with E-state index in [1.165, 1.54) is 22.8 Å². The highest BCUT2D eigenvalue weighted by atomic mass is 19.1. The second kappa shape index (κ2) is 5.59. The molecule has 0 saturated heterocycles. The van der Waals surface area contributed by atoms with Crippen LogP contribution in [0.4, 0.5) is 15.9 Å². The molecule has 0 spiro atoms. The molecule has 0 fully saturated rings. The molecule has 0 radical (unpaired) electrons. The topological polar surface area (TPSA) is 77.2 Å². The van der Waals surface area contributed by atoms with E-state index in [1.54, 1.807) is 12.1 Å². The molecule has 2 heterocycles. The monoisotopic (exact) mass is 303 g/mol. The fraction of sp³-hybridized carbons (Fsp3) is 0.267. The molecule has 6 nitrogen and oxygen atoms in total. The number of nitro groups is 1. The van der Waals surface area contributed by atoms with E-state index >= 15 is 0 Å². The number of pyridine rings is 1. The van der Waals surface area contributed by atoms with Crippen LogP contribution in [0.3, 0.4) is 0 Å². The van der Waals surface area contributed by atoms with E-state index in [1.807, 2.05) is 0 Å². The van der Waals surface area contributed by atoms with Crippen LogP contribution in [-0.2, 0) is 13.0 Å². The Morgan fingerprint density at radius 1 is 1.36 bits per heavy atom. The largest absolute Gasteiger partial charge is 0.366 e. The number of halogens is 1. The number of aromatic nitrogens is 1. The predicted molar refractivity (Wildman–Crippen MR) is 79.7 cm³/mol. The van der Waals surface area contributed by atoms with Crippen molar-refractivity contribution >= 4 is 11.5 Å². The normalized spacial score (nSPS) is 13.3. The Morgan fingerprint density at radius 3 is 2.91 bits per heavy atom. The molecule has 22 heavy (non-hydrogen) atoms. The summed E-state index contributed by atoms with van der Waals surface area (Å²) in [6.45, 7) is 1.04. The molecule has 0 atom stereocenters. The van der Waals surface area contributed by atoms with Gasteiger partial charge in [0.1, 0.15) is 5.82 Å². The smallest absolute Gasteiger partial charge is 0.310 e. The number of rotatable bonds is 3. The predicted octanol–water partition coefficient (Wildman–Crippen LogP) is 2.30. The van der Waals surface area contributed by atoms with Gasteiger partial charge in [0.25, 0.3) is 5.56 Å². The third-order valence-corrected chi connectivity index (χ3v) is 3.67. The fourth-order valence-electron chi connectivity index (χ4n) is 2.68. The molecular formula is C15H14FN3O3. The van der Waals surface area contributed by atoms with Gasteiger partial charge < -0.3 is 5.32 Å². The molecule has 1 aliphatic rings. The van der Waals surface area contributed by atoms with Crippen LogP contribution >= 0.6 is 0 Å². The van der Waals surface area contributed by atoms with Crippen molar-refractivity contribution in [1.82, 2.24) is 4.57 Å². The molecule has 0 unspecified atom stereocenters. The number of benzene rings is 1. The van der Waals surface area contributed by atoms with Crippen molar-refractivity contribution in [3.63, 3.8) is 0 Å². The minimum absolute atomic E-state index is 0.120. The zero-order valence-corrected chi connectivity index (χ0v) is 11.7. The summed E-state index contributed by atoms with van der Waals surface area (Å²) in [4.78, 5) is 23.2. The van der Waals surface area contributed by atoms with E-state index in [-0.39, 0.29) is 23.5 Å². The fourth-order valence-corrected chi connectivity index (χ4v) is 2.68. The van der Waals surface area contributed by atoms with Gasteiger partial charge in [-0.25, -0.2) is 4.39 Å². The first-order chi connectivity index (χ1) is 10.6. The molecule has 1 aliphatic heterocycles. The number of fused-ring (bicyclic) bond motifs is 1. The molecule has 7 heteroatoms. The Kier molecular flexibility index (Phi) is 3.62. The minimum Gasteiger partial charge on any atom is -0.366 e. The Hall–Kier alpha value is -2.70. The zero-order valence-electron chi connectivity index (χ0n) is 11.7. The minimum atomic E-state index is -0.501. The lowest BCUT2D eigenvalue weighted by Gasteiger charge is -2.20. The van der Waals surface area contributed by atoms with Crippen LogP contribution in [0.1, 0.15) is 17.5 Å². The van der Waals surface area contributed by atoms with Gasteiger partial charge in [0.2, 0.25) is 0 Å². The Bertz CT molecular complexity index is 801. The van der Waals surface area contributed by atoms with Crippen molar-refractivity contribution in [2.24, 2.45) is 0 Å². The maximum Gasteiger partial charge on any atom is 0.310 e. The summed E-state index contributed by atoms with van der Waals surface area (Å²) in [6.07, 6.45) is 0.894. The molecule has 1 N–H and O–H groups in total. The van der Waals surface area contributed by atoms with Crippen LogP contribution in [-0.4, -0.2) is 16.0 Å². The molecule has 0 amide bonds. The van der Waals surface area contributed by atoms with Crippen LogP contribution < -0.4 is 10.9 Å². The maximum atomic E-state index is 13.2. The Balaban J connectivity index is 2.10. The molecule has 3 rings (SSSR count). The van der Waals surface area contributed by atoms with Gasteiger partial charge in [-0.2, -0.15) is 0 Å². The third kappa shape index (κ3) is 2.57. The zero-order chi connectivity index (χ0) is 15.7. The molecule has 1 aromatic carbocycles. The highest BCUT2D eigenvalue weighted by molar-refractivity contribution is 5.59. The molecule has 0 bridgehead atoms. The summed E-state index contributed by atoms with van der Waals surface area (Å²) in [5.74, 6) is -0.143. The van der Waals surface area contributed by atoms with Crippen molar-refractivity contribution in [2.75, 3.05) is 11.9 Å². The SMILES string of the molecule is O=c1c(Cc2cccc(F)c2)cc([N+](=O)[O-])c2n1CCCN2. The highest BCUT2D eigenvalue weighted by Crippen LogP contribution is 2.26. The number of nitrogens with one attached hydrogen (secondary N) is 1. The van der Waals surface area contributed by atoms with Gasteiger partial charge >= 0.3 is 5.69 Å². The van der Waals surface area contributed by atoms with E-state index in [4.69, 9.17) is 0 Å². The van der Waals surface area contributed by atoms with E-state index in [2.05, 4.69) is 5.32 Å². The maximum absolute atomic E-state index is 13.2. The van der Waals surface area contributed by atoms with Crippen LogP contribution in [0.5, 0.6) is 0 Å². The van der Waals surface area contributed by atoms with Crippen molar-refractivity contribution in [3.05, 3.63) is 67.7 Å². The van der Waals surface area contributed by atoms with Crippen LogP contribution in [0.2, 0.25) is 0 Å². The Labute approximate surface area is 125 Å². The van der Waals surface area contributed by atoms with E-state index in [0.29, 0.717) is 24.2 Å². The number of anilines is 1. The average Bonchev–Trinajstić information content (AvgIpc) is 2.50. The first-order valence-electron chi connectivity index (χ1n) is 6.95. The molecular weight excluding hydrogens is 289 g/mol.